The van der Waals surface area contributed by atoms with Crippen molar-refractivity contribution in [2.75, 3.05) is 25.3 Å². The zero-order valence-corrected chi connectivity index (χ0v) is 18.0. The maximum Gasteiger partial charge on any atom is 0.231 e. The quantitative estimate of drug-likeness (QED) is 0.419. The summed E-state index contributed by atoms with van der Waals surface area (Å²) in [4.78, 5) is 7.17. The predicted octanol–water partition coefficient (Wildman–Crippen LogP) is 4.30. The molecule has 3 aromatic rings. The fourth-order valence-corrected chi connectivity index (χ4v) is 4.37. The van der Waals surface area contributed by atoms with Crippen LogP contribution in [0.25, 0.3) is 10.9 Å². The minimum absolute atomic E-state index is 0.266. The highest BCUT2D eigenvalue weighted by Crippen LogP contribution is 2.37. The second kappa shape index (κ2) is 8.98. The molecule has 0 amide bonds. The molecule has 2 N–H and O–H groups in total. The van der Waals surface area contributed by atoms with E-state index in [4.69, 9.17) is 14.5 Å². The van der Waals surface area contributed by atoms with Gasteiger partial charge in [0.05, 0.1) is 17.8 Å². The van der Waals surface area contributed by atoms with Gasteiger partial charge in [0.25, 0.3) is 0 Å². The van der Waals surface area contributed by atoms with Crippen LogP contribution in [0.15, 0.2) is 42.1 Å². The molecule has 2 aromatic heterocycles. The summed E-state index contributed by atoms with van der Waals surface area (Å²) in [5, 5.41) is 11.8. The Morgan fingerprint density at radius 2 is 2.06 bits per heavy atom. The van der Waals surface area contributed by atoms with Crippen LogP contribution in [0.3, 0.4) is 0 Å². The molecule has 2 aliphatic rings. The van der Waals surface area contributed by atoms with Crippen molar-refractivity contribution in [2.45, 2.75) is 45.2 Å². The predicted molar refractivity (Wildman–Crippen MR) is 121 cm³/mol. The number of hydrogen-bond donors (Lipinski definition) is 2. The molecule has 3 heterocycles. The van der Waals surface area contributed by atoms with Crippen molar-refractivity contribution >= 4 is 16.7 Å². The molecule has 0 bridgehead atoms. The molecule has 7 heteroatoms. The van der Waals surface area contributed by atoms with Crippen LogP contribution in [0.5, 0.6) is 11.5 Å². The van der Waals surface area contributed by atoms with E-state index in [9.17, 15) is 0 Å². The maximum absolute atomic E-state index is 5.57. The number of rotatable bonds is 8. The van der Waals surface area contributed by atoms with Crippen molar-refractivity contribution in [3.8, 4) is 11.5 Å². The van der Waals surface area contributed by atoms with Gasteiger partial charge in [-0.2, -0.15) is 5.10 Å². The van der Waals surface area contributed by atoms with E-state index < -0.39 is 0 Å². The van der Waals surface area contributed by atoms with Gasteiger partial charge in [0.15, 0.2) is 11.5 Å². The third-order valence-electron chi connectivity index (χ3n) is 6.02. The summed E-state index contributed by atoms with van der Waals surface area (Å²) < 4.78 is 11.1. The van der Waals surface area contributed by atoms with Gasteiger partial charge in [0.2, 0.25) is 6.79 Å². The monoisotopic (exact) mass is 419 g/mol. The molecule has 1 aliphatic heterocycles. The topological polar surface area (TPSA) is 75.3 Å². The zero-order valence-electron chi connectivity index (χ0n) is 18.0. The van der Waals surface area contributed by atoms with E-state index in [1.165, 1.54) is 31.2 Å². The van der Waals surface area contributed by atoms with Crippen LogP contribution >= 0.6 is 0 Å². The van der Waals surface area contributed by atoms with E-state index in [2.05, 4.69) is 39.6 Å². The summed E-state index contributed by atoms with van der Waals surface area (Å²) in [7, 11) is 2.07. The van der Waals surface area contributed by atoms with E-state index in [1.807, 2.05) is 18.2 Å². The molecule has 1 aliphatic carbocycles. The fraction of sp³-hybridized carbons (Fsp3) is 0.417. The van der Waals surface area contributed by atoms with Crippen LogP contribution in [-0.4, -0.2) is 35.6 Å². The van der Waals surface area contributed by atoms with Crippen LogP contribution in [0.2, 0.25) is 0 Å². The first-order chi connectivity index (χ1) is 15.3. The molecule has 0 saturated heterocycles. The summed E-state index contributed by atoms with van der Waals surface area (Å²) in [6, 6.07) is 8.21. The number of pyridine rings is 1. The smallest absolute Gasteiger partial charge is 0.231 e. The highest BCUT2D eigenvalue weighted by atomic mass is 16.7. The molecule has 31 heavy (non-hydrogen) atoms. The Balaban J connectivity index is 1.38. The molecule has 7 nitrogen and oxygen atoms in total. The minimum Gasteiger partial charge on any atom is -0.454 e. The Bertz CT molecular complexity index is 1080. The molecule has 0 atom stereocenters. The van der Waals surface area contributed by atoms with Crippen LogP contribution < -0.4 is 19.7 Å². The highest BCUT2D eigenvalue weighted by Gasteiger charge is 2.18. The number of anilines is 1. The Morgan fingerprint density at radius 1 is 1.16 bits per heavy atom. The van der Waals surface area contributed by atoms with Crippen LogP contribution in [0.1, 0.15) is 43.4 Å². The lowest BCUT2D eigenvalue weighted by molar-refractivity contribution is 0.174. The standard InChI is InChI=1S/C24H29N5O2/c1-29(15-20-8-10-26-28-20)24-19(14-25-9-7-17-5-3-2-4-6-17)11-18-12-22-23(31-16-30-22)13-21(18)27-24/h5,8,10-13,25H,2-4,6-7,9,14-16H2,1H3,(H,26,28). The van der Waals surface area contributed by atoms with E-state index in [-0.39, 0.29) is 6.79 Å². The van der Waals surface area contributed by atoms with Gasteiger partial charge in [-0.3, -0.25) is 5.10 Å². The maximum atomic E-state index is 5.57. The highest BCUT2D eigenvalue weighted by molar-refractivity contribution is 5.85. The Morgan fingerprint density at radius 3 is 2.87 bits per heavy atom. The Hall–Kier alpha value is -3.06. The van der Waals surface area contributed by atoms with Crippen LogP contribution in [0.4, 0.5) is 5.82 Å². The number of aromatic nitrogens is 3. The lowest BCUT2D eigenvalue weighted by atomic mass is 9.97. The number of hydrogen-bond acceptors (Lipinski definition) is 6. The van der Waals surface area contributed by atoms with Crippen molar-refractivity contribution in [3.05, 3.63) is 53.4 Å². The van der Waals surface area contributed by atoms with Crippen molar-refractivity contribution in [2.24, 2.45) is 0 Å². The average molecular weight is 420 g/mol. The van der Waals surface area contributed by atoms with Gasteiger partial charge in [0.1, 0.15) is 5.82 Å². The lowest BCUT2D eigenvalue weighted by Crippen LogP contribution is -2.23. The second-order valence-corrected chi connectivity index (χ2v) is 8.34. The fourth-order valence-electron chi connectivity index (χ4n) is 4.37. The summed E-state index contributed by atoms with van der Waals surface area (Å²) in [6.07, 6.45) is 10.5. The normalized spacial score (nSPS) is 15.3. The van der Waals surface area contributed by atoms with Gasteiger partial charge in [-0.25, -0.2) is 4.98 Å². The molecule has 162 valence electrons. The number of fused-ring (bicyclic) bond motifs is 2. The minimum atomic E-state index is 0.266. The molecule has 0 fully saturated rings. The lowest BCUT2D eigenvalue weighted by Gasteiger charge is -2.22. The number of ether oxygens (including phenoxy) is 2. The van der Waals surface area contributed by atoms with E-state index >= 15 is 0 Å². The van der Waals surface area contributed by atoms with Gasteiger partial charge >= 0.3 is 0 Å². The number of allylic oxidation sites excluding steroid dienone is 1. The average Bonchev–Trinajstić information content (AvgIpc) is 3.47. The molecule has 0 spiro atoms. The second-order valence-electron chi connectivity index (χ2n) is 8.34. The van der Waals surface area contributed by atoms with E-state index in [0.717, 1.165) is 53.4 Å². The Labute approximate surface area is 182 Å². The van der Waals surface area contributed by atoms with Crippen molar-refractivity contribution in [3.63, 3.8) is 0 Å². The van der Waals surface area contributed by atoms with Crippen molar-refractivity contribution < 1.29 is 9.47 Å². The SMILES string of the molecule is CN(Cc1ccn[nH]1)c1nc2cc3c(cc2cc1CNCCC1=CCCCC1)OCO3. The third kappa shape index (κ3) is 4.51. The van der Waals surface area contributed by atoms with Gasteiger partial charge in [-0.15, -0.1) is 0 Å². The van der Waals surface area contributed by atoms with E-state index in [1.54, 1.807) is 11.8 Å². The Kier molecular flexibility index (Phi) is 5.76. The number of aromatic amines is 1. The van der Waals surface area contributed by atoms with Crippen molar-refractivity contribution in [1.82, 2.24) is 20.5 Å². The van der Waals surface area contributed by atoms with Crippen LogP contribution in [0, 0.1) is 0 Å². The first-order valence-electron chi connectivity index (χ1n) is 11.1. The summed E-state index contributed by atoms with van der Waals surface area (Å²) in [6.45, 7) is 2.73. The first-order valence-corrected chi connectivity index (χ1v) is 11.1. The molecular weight excluding hydrogens is 390 g/mol. The summed E-state index contributed by atoms with van der Waals surface area (Å²) in [5.41, 5.74) is 4.73. The van der Waals surface area contributed by atoms with Crippen LogP contribution in [-0.2, 0) is 13.1 Å². The number of H-pyrrole nitrogens is 1. The van der Waals surface area contributed by atoms with Gasteiger partial charge in [0, 0.05) is 36.8 Å². The molecule has 1 aromatic carbocycles. The number of nitrogens with one attached hydrogen (secondary N) is 2. The molecule has 0 saturated carbocycles. The molecular formula is C24H29N5O2. The molecule has 5 rings (SSSR count). The molecule has 0 radical (unpaired) electrons. The van der Waals surface area contributed by atoms with Crippen molar-refractivity contribution in [1.29, 1.82) is 0 Å². The molecule has 0 unspecified atom stereocenters. The number of benzene rings is 1. The summed E-state index contributed by atoms with van der Waals surface area (Å²) >= 11 is 0. The zero-order chi connectivity index (χ0) is 21.0. The van der Waals surface area contributed by atoms with Gasteiger partial charge < -0.3 is 19.7 Å². The van der Waals surface area contributed by atoms with Gasteiger partial charge in [-0.1, -0.05) is 11.6 Å². The number of nitrogens with zero attached hydrogens (tertiary/aromatic N) is 3. The third-order valence-corrected chi connectivity index (χ3v) is 6.02. The van der Waals surface area contributed by atoms with Gasteiger partial charge in [-0.05, 0) is 56.8 Å². The summed E-state index contributed by atoms with van der Waals surface area (Å²) in [5.74, 6) is 2.51. The van der Waals surface area contributed by atoms with E-state index in [0.29, 0.717) is 6.54 Å². The largest absolute Gasteiger partial charge is 0.454 e. The first kappa shape index (κ1) is 19.9.